The van der Waals surface area contributed by atoms with E-state index in [0.717, 1.165) is 24.1 Å². The lowest BCUT2D eigenvalue weighted by Gasteiger charge is -2.21. The molecule has 0 aliphatic heterocycles. The molecule has 0 saturated heterocycles. The number of nitrogens with zero attached hydrogens (tertiary/aromatic N) is 2. The van der Waals surface area contributed by atoms with E-state index in [0.29, 0.717) is 30.1 Å². The molecule has 0 spiro atoms. The Hall–Kier alpha value is -3.64. The lowest BCUT2D eigenvalue weighted by Crippen LogP contribution is -2.35. The Labute approximate surface area is 261 Å². The molecule has 6 heteroatoms. The number of hydrogen-bond acceptors (Lipinski definition) is 4. The first-order valence-electron chi connectivity index (χ1n) is 15.3. The SMILES string of the molecule is CCCC(Sc1nc(C)c(Cc2ccc(C(C)(C)C)cc2)c(=O)n1C)C(=O)NCCC(c1ccccc1)c1ccccc1. The minimum atomic E-state index is -0.329. The van der Waals surface area contributed by atoms with E-state index in [1.807, 2.05) is 19.1 Å². The first-order valence-corrected chi connectivity index (χ1v) is 16.2. The maximum atomic E-state index is 13.5. The van der Waals surface area contributed by atoms with Gasteiger partial charge >= 0.3 is 0 Å². The van der Waals surface area contributed by atoms with Crippen LogP contribution in [0.2, 0.25) is 0 Å². The summed E-state index contributed by atoms with van der Waals surface area (Å²) in [5.74, 6) is 0.184. The van der Waals surface area contributed by atoms with Crippen LogP contribution >= 0.6 is 11.8 Å². The lowest BCUT2D eigenvalue weighted by atomic mass is 9.86. The van der Waals surface area contributed by atoms with Crippen molar-refractivity contribution in [1.29, 1.82) is 0 Å². The van der Waals surface area contributed by atoms with Gasteiger partial charge in [0.25, 0.3) is 5.56 Å². The monoisotopic (exact) mass is 595 g/mol. The van der Waals surface area contributed by atoms with Crippen molar-refractivity contribution in [2.24, 2.45) is 7.05 Å². The Bertz CT molecular complexity index is 1500. The topological polar surface area (TPSA) is 64.0 Å². The number of aromatic nitrogens is 2. The molecule has 0 radical (unpaired) electrons. The standard InChI is InChI=1S/C37H45N3O2S/c1-7-14-33(34(41)38-24-23-31(28-15-10-8-11-16-28)29-17-12-9-13-18-29)43-36-39-26(2)32(35(42)40(36)6)25-27-19-21-30(22-20-27)37(3,4)5/h8-13,15-22,31,33H,7,14,23-25H2,1-6H3,(H,38,41). The summed E-state index contributed by atoms with van der Waals surface area (Å²) in [4.78, 5) is 31.7. The van der Waals surface area contributed by atoms with E-state index in [-0.39, 0.29) is 28.0 Å². The Morgan fingerprint density at radius 2 is 1.49 bits per heavy atom. The molecule has 0 aliphatic carbocycles. The maximum absolute atomic E-state index is 13.5. The van der Waals surface area contributed by atoms with Gasteiger partial charge in [-0.15, -0.1) is 0 Å². The zero-order valence-electron chi connectivity index (χ0n) is 26.4. The third-order valence-electron chi connectivity index (χ3n) is 7.98. The van der Waals surface area contributed by atoms with Crippen molar-refractivity contribution in [3.8, 4) is 0 Å². The number of rotatable bonds is 12. The zero-order chi connectivity index (χ0) is 31.0. The minimum absolute atomic E-state index is 0.0124. The van der Waals surface area contributed by atoms with Gasteiger partial charge in [0.2, 0.25) is 5.91 Å². The molecule has 4 rings (SSSR count). The third kappa shape index (κ3) is 8.47. The average Bonchev–Trinajstić information content (AvgIpc) is 3.00. The van der Waals surface area contributed by atoms with Gasteiger partial charge in [0, 0.05) is 37.2 Å². The zero-order valence-corrected chi connectivity index (χ0v) is 27.2. The second kappa shape index (κ2) is 14.7. The first kappa shape index (κ1) is 32.3. The molecule has 1 heterocycles. The predicted octanol–water partition coefficient (Wildman–Crippen LogP) is 7.58. The third-order valence-corrected chi connectivity index (χ3v) is 9.29. The fourth-order valence-electron chi connectivity index (χ4n) is 5.35. The van der Waals surface area contributed by atoms with Crippen LogP contribution in [0, 0.1) is 6.92 Å². The summed E-state index contributed by atoms with van der Waals surface area (Å²) < 4.78 is 1.60. The van der Waals surface area contributed by atoms with Crippen molar-refractivity contribution in [3.63, 3.8) is 0 Å². The summed E-state index contributed by atoms with van der Waals surface area (Å²) in [6.07, 6.45) is 2.89. The molecule has 0 aliphatic rings. The van der Waals surface area contributed by atoms with E-state index in [4.69, 9.17) is 4.98 Å². The van der Waals surface area contributed by atoms with Gasteiger partial charge in [-0.05, 0) is 47.4 Å². The number of benzene rings is 3. The van der Waals surface area contributed by atoms with Crippen molar-refractivity contribution in [2.75, 3.05) is 6.54 Å². The van der Waals surface area contributed by atoms with Gasteiger partial charge in [-0.25, -0.2) is 4.98 Å². The van der Waals surface area contributed by atoms with Crippen LogP contribution in [-0.2, 0) is 23.7 Å². The summed E-state index contributed by atoms with van der Waals surface area (Å²) in [6, 6.07) is 29.4. The number of aryl methyl sites for hydroxylation is 1. The van der Waals surface area contributed by atoms with Crippen LogP contribution < -0.4 is 10.9 Å². The van der Waals surface area contributed by atoms with Crippen molar-refractivity contribution in [1.82, 2.24) is 14.9 Å². The number of carbonyl (C=O) groups excluding carboxylic acids is 1. The van der Waals surface area contributed by atoms with Crippen LogP contribution in [0.3, 0.4) is 0 Å². The highest BCUT2D eigenvalue weighted by Gasteiger charge is 2.23. The van der Waals surface area contributed by atoms with Gasteiger partial charge in [-0.1, -0.05) is 131 Å². The van der Waals surface area contributed by atoms with Gasteiger partial charge in [0.05, 0.1) is 5.25 Å². The molecule has 5 nitrogen and oxygen atoms in total. The summed E-state index contributed by atoms with van der Waals surface area (Å²) in [5, 5.41) is 3.44. The highest BCUT2D eigenvalue weighted by Crippen LogP contribution is 2.29. The second-order valence-electron chi connectivity index (χ2n) is 12.3. The molecular weight excluding hydrogens is 550 g/mol. The Balaban J connectivity index is 1.45. The lowest BCUT2D eigenvalue weighted by molar-refractivity contribution is -0.120. The highest BCUT2D eigenvalue weighted by molar-refractivity contribution is 8.00. The fourth-order valence-corrected chi connectivity index (χ4v) is 6.58. The number of hydrogen-bond donors (Lipinski definition) is 1. The molecular formula is C37H45N3O2S. The normalized spacial score (nSPS) is 12.3. The molecule has 226 valence electrons. The van der Waals surface area contributed by atoms with E-state index in [1.54, 1.807) is 11.6 Å². The highest BCUT2D eigenvalue weighted by atomic mass is 32.2. The van der Waals surface area contributed by atoms with Crippen molar-refractivity contribution >= 4 is 17.7 Å². The fraction of sp³-hybridized carbons (Fsp3) is 0.378. The molecule has 1 N–H and O–H groups in total. The molecule has 1 aromatic heterocycles. The molecule has 1 amide bonds. The maximum Gasteiger partial charge on any atom is 0.257 e. The Kier molecular flexibility index (Phi) is 11.0. The van der Waals surface area contributed by atoms with Gasteiger partial charge < -0.3 is 5.32 Å². The first-order chi connectivity index (χ1) is 20.6. The molecule has 1 atom stereocenters. The Morgan fingerprint density at radius 3 is 2.02 bits per heavy atom. The molecule has 4 aromatic rings. The number of thioether (sulfide) groups is 1. The molecule has 0 fully saturated rings. The van der Waals surface area contributed by atoms with Crippen molar-refractivity contribution < 1.29 is 4.79 Å². The van der Waals surface area contributed by atoms with Gasteiger partial charge in [0.15, 0.2) is 5.16 Å². The molecule has 0 saturated carbocycles. The predicted molar refractivity (Wildman–Crippen MR) is 179 cm³/mol. The molecule has 3 aromatic carbocycles. The summed E-state index contributed by atoms with van der Waals surface area (Å²) in [5.41, 5.74) is 6.26. The van der Waals surface area contributed by atoms with Crippen LogP contribution in [0.15, 0.2) is 94.9 Å². The smallest absolute Gasteiger partial charge is 0.257 e. The van der Waals surface area contributed by atoms with Crippen LogP contribution in [0.4, 0.5) is 0 Å². The van der Waals surface area contributed by atoms with E-state index < -0.39 is 0 Å². The average molecular weight is 596 g/mol. The van der Waals surface area contributed by atoms with Crippen LogP contribution in [0.25, 0.3) is 0 Å². The Morgan fingerprint density at radius 1 is 0.907 bits per heavy atom. The van der Waals surface area contributed by atoms with Crippen LogP contribution in [0.1, 0.15) is 86.4 Å². The van der Waals surface area contributed by atoms with E-state index in [1.165, 1.54) is 28.5 Å². The minimum Gasteiger partial charge on any atom is -0.355 e. The van der Waals surface area contributed by atoms with E-state index in [9.17, 15) is 9.59 Å². The molecule has 43 heavy (non-hydrogen) atoms. The van der Waals surface area contributed by atoms with Gasteiger partial charge in [-0.3, -0.25) is 14.2 Å². The van der Waals surface area contributed by atoms with Crippen LogP contribution in [0.5, 0.6) is 0 Å². The van der Waals surface area contributed by atoms with E-state index >= 15 is 0 Å². The van der Waals surface area contributed by atoms with Gasteiger partial charge in [0.1, 0.15) is 0 Å². The summed E-state index contributed by atoms with van der Waals surface area (Å²) >= 11 is 1.39. The second-order valence-corrected chi connectivity index (χ2v) is 13.5. The van der Waals surface area contributed by atoms with Crippen molar-refractivity contribution in [3.05, 3.63) is 129 Å². The molecule has 1 unspecified atom stereocenters. The number of amides is 1. The summed E-state index contributed by atoms with van der Waals surface area (Å²) in [6.45, 7) is 11.1. The number of carbonyl (C=O) groups is 1. The number of nitrogens with one attached hydrogen (secondary N) is 1. The van der Waals surface area contributed by atoms with Crippen LogP contribution in [-0.4, -0.2) is 27.3 Å². The largest absolute Gasteiger partial charge is 0.355 e. The van der Waals surface area contributed by atoms with E-state index in [2.05, 4.69) is 106 Å². The van der Waals surface area contributed by atoms with Gasteiger partial charge in [-0.2, -0.15) is 0 Å². The summed E-state index contributed by atoms with van der Waals surface area (Å²) in [7, 11) is 1.76. The molecule has 0 bridgehead atoms. The quantitative estimate of drug-likeness (QED) is 0.136. The van der Waals surface area contributed by atoms with Crippen molar-refractivity contribution in [2.45, 2.75) is 82.0 Å².